The van der Waals surface area contributed by atoms with Crippen LogP contribution in [0.2, 0.25) is 0 Å². The molecular weight excluding hydrogens is 190 g/mol. The van der Waals surface area contributed by atoms with Gasteiger partial charge >= 0.3 is 0 Å². The van der Waals surface area contributed by atoms with E-state index >= 15 is 0 Å². The third-order valence-corrected chi connectivity index (χ3v) is 2.14. The van der Waals surface area contributed by atoms with Gasteiger partial charge < -0.3 is 10.6 Å². The molecule has 0 spiro atoms. The number of nitrogens with one attached hydrogen (secondary N) is 2. The zero-order chi connectivity index (χ0) is 10.5. The average Bonchev–Trinajstić information content (AvgIpc) is 2.31. The van der Waals surface area contributed by atoms with E-state index < -0.39 is 0 Å². The number of hydrogen-bond donors (Lipinski definition) is 2. The lowest BCUT2D eigenvalue weighted by Gasteiger charge is -2.13. The van der Waals surface area contributed by atoms with Crippen LogP contribution in [0, 0.1) is 0 Å². The number of rotatable bonds is 2. The Labute approximate surface area is 88.4 Å². The summed E-state index contributed by atoms with van der Waals surface area (Å²) in [6.07, 6.45) is 0.988. The van der Waals surface area contributed by atoms with Crippen molar-refractivity contribution in [3.63, 3.8) is 0 Å². The number of anilines is 1. The molecule has 1 aliphatic rings. The van der Waals surface area contributed by atoms with E-state index in [1.807, 2.05) is 30.3 Å². The number of amides is 1. The summed E-state index contributed by atoms with van der Waals surface area (Å²) in [7, 11) is 0. The highest BCUT2D eigenvalue weighted by atomic mass is 16.2. The number of carbonyl (C=O) groups excluding carboxylic acids is 1. The molecule has 78 valence electrons. The van der Waals surface area contributed by atoms with Crippen molar-refractivity contribution in [2.45, 2.75) is 6.42 Å². The number of aliphatic imine (C=N–C) groups is 1. The molecule has 1 amide bonds. The summed E-state index contributed by atoms with van der Waals surface area (Å²) in [4.78, 5) is 15.8. The van der Waals surface area contributed by atoms with Crippen molar-refractivity contribution < 1.29 is 4.79 Å². The van der Waals surface area contributed by atoms with E-state index in [1.165, 1.54) is 0 Å². The van der Waals surface area contributed by atoms with Crippen LogP contribution >= 0.6 is 0 Å². The van der Waals surface area contributed by atoms with E-state index in [4.69, 9.17) is 0 Å². The van der Waals surface area contributed by atoms with E-state index in [0.717, 1.165) is 25.2 Å². The summed E-state index contributed by atoms with van der Waals surface area (Å²) in [5, 5.41) is 5.76. The Morgan fingerprint density at radius 3 is 2.80 bits per heavy atom. The molecule has 0 bridgehead atoms. The first kappa shape index (κ1) is 9.71. The predicted molar refractivity (Wildman–Crippen MR) is 60.0 cm³/mol. The number of benzene rings is 1. The number of hydrogen-bond acceptors (Lipinski definition) is 3. The van der Waals surface area contributed by atoms with Crippen LogP contribution < -0.4 is 10.6 Å². The molecule has 0 aromatic heterocycles. The van der Waals surface area contributed by atoms with E-state index in [1.54, 1.807) is 0 Å². The van der Waals surface area contributed by atoms with Crippen molar-refractivity contribution in [2.75, 3.05) is 18.4 Å². The zero-order valence-corrected chi connectivity index (χ0v) is 8.36. The van der Waals surface area contributed by atoms with Gasteiger partial charge in [0, 0.05) is 18.8 Å². The number of nitrogens with zero attached hydrogens (tertiary/aromatic N) is 1. The predicted octanol–water partition coefficient (Wildman–Crippen LogP) is 1.02. The summed E-state index contributed by atoms with van der Waals surface area (Å²) in [6.45, 7) is 1.55. The Morgan fingerprint density at radius 2 is 2.13 bits per heavy atom. The van der Waals surface area contributed by atoms with Crippen LogP contribution in [0.25, 0.3) is 0 Å². The van der Waals surface area contributed by atoms with E-state index in [-0.39, 0.29) is 5.91 Å². The van der Waals surface area contributed by atoms with E-state index in [9.17, 15) is 4.79 Å². The van der Waals surface area contributed by atoms with Crippen LogP contribution in [-0.4, -0.2) is 24.8 Å². The summed E-state index contributed by atoms with van der Waals surface area (Å²) in [5.74, 6) is 0.269. The van der Waals surface area contributed by atoms with Crippen LogP contribution in [0.4, 0.5) is 5.69 Å². The molecule has 0 aliphatic carbocycles. The molecule has 0 saturated heterocycles. The molecule has 0 saturated carbocycles. The number of para-hydroxylation sites is 1. The van der Waals surface area contributed by atoms with Gasteiger partial charge in [0.15, 0.2) is 5.84 Å². The fourth-order valence-electron chi connectivity index (χ4n) is 1.40. The molecule has 1 heterocycles. The Hall–Kier alpha value is -1.84. The molecule has 0 unspecified atom stereocenters. The quantitative estimate of drug-likeness (QED) is 0.754. The minimum Gasteiger partial charge on any atom is -0.366 e. The molecule has 0 radical (unpaired) electrons. The largest absolute Gasteiger partial charge is 0.366 e. The maximum Gasteiger partial charge on any atom is 0.290 e. The van der Waals surface area contributed by atoms with Crippen LogP contribution in [0.1, 0.15) is 6.42 Å². The summed E-state index contributed by atoms with van der Waals surface area (Å²) in [5.41, 5.74) is 0.789. The maximum absolute atomic E-state index is 11.7. The molecule has 2 N–H and O–H groups in total. The number of amidine groups is 1. The van der Waals surface area contributed by atoms with Crippen LogP contribution in [0.3, 0.4) is 0 Å². The van der Waals surface area contributed by atoms with Crippen LogP contribution in [-0.2, 0) is 4.79 Å². The van der Waals surface area contributed by atoms with Crippen molar-refractivity contribution in [3.05, 3.63) is 30.3 Å². The lowest BCUT2D eigenvalue weighted by Crippen LogP contribution is -2.39. The maximum atomic E-state index is 11.7. The molecule has 2 rings (SSSR count). The fourth-order valence-corrected chi connectivity index (χ4v) is 1.40. The van der Waals surface area contributed by atoms with Gasteiger partial charge in [-0.2, -0.15) is 0 Å². The smallest absolute Gasteiger partial charge is 0.290 e. The molecule has 1 aromatic carbocycles. The van der Waals surface area contributed by atoms with Gasteiger partial charge in [-0.25, -0.2) is 0 Å². The fraction of sp³-hybridized carbons (Fsp3) is 0.273. The third kappa shape index (κ3) is 2.56. The molecule has 0 atom stereocenters. The monoisotopic (exact) mass is 203 g/mol. The van der Waals surface area contributed by atoms with Gasteiger partial charge in [0.1, 0.15) is 0 Å². The van der Waals surface area contributed by atoms with Crippen molar-refractivity contribution >= 4 is 17.4 Å². The Morgan fingerprint density at radius 1 is 1.33 bits per heavy atom. The molecule has 4 heteroatoms. The van der Waals surface area contributed by atoms with Crippen molar-refractivity contribution in [1.29, 1.82) is 0 Å². The standard InChI is InChI=1S/C11H13N3O/c15-11(10-12-7-4-8-13-10)14-9-5-2-1-3-6-9/h1-3,5-6H,4,7-8H2,(H,12,13)(H,14,15). The molecule has 0 fully saturated rings. The second-order valence-electron chi connectivity index (χ2n) is 3.33. The minimum absolute atomic E-state index is 0.166. The van der Waals surface area contributed by atoms with Crippen LogP contribution in [0.15, 0.2) is 35.3 Å². The molecule has 1 aromatic rings. The van der Waals surface area contributed by atoms with Gasteiger partial charge in [-0.3, -0.25) is 9.79 Å². The first-order valence-electron chi connectivity index (χ1n) is 5.01. The molecule has 1 aliphatic heterocycles. The Kier molecular flexibility index (Phi) is 2.97. The highest BCUT2D eigenvalue weighted by Crippen LogP contribution is 2.05. The molecule has 4 nitrogen and oxygen atoms in total. The summed E-state index contributed by atoms with van der Waals surface area (Å²) in [6, 6.07) is 9.37. The third-order valence-electron chi connectivity index (χ3n) is 2.14. The highest BCUT2D eigenvalue weighted by Gasteiger charge is 2.12. The summed E-state index contributed by atoms with van der Waals surface area (Å²) >= 11 is 0. The van der Waals surface area contributed by atoms with Gasteiger partial charge in [-0.05, 0) is 18.6 Å². The minimum atomic E-state index is -0.166. The van der Waals surface area contributed by atoms with Crippen molar-refractivity contribution in [3.8, 4) is 0 Å². The van der Waals surface area contributed by atoms with Gasteiger partial charge in [-0.1, -0.05) is 18.2 Å². The average molecular weight is 203 g/mol. The highest BCUT2D eigenvalue weighted by molar-refractivity contribution is 6.42. The second-order valence-corrected chi connectivity index (χ2v) is 3.33. The van der Waals surface area contributed by atoms with Gasteiger partial charge in [0.2, 0.25) is 0 Å². The van der Waals surface area contributed by atoms with Gasteiger partial charge in [0.25, 0.3) is 5.91 Å². The van der Waals surface area contributed by atoms with E-state index in [2.05, 4.69) is 15.6 Å². The van der Waals surface area contributed by atoms with Gasteiger partial charge in [-0.15, -0.1) is 0 Å². The topological polar surface area (TPSA) is 53.5 Å². The SMILES string of the molecule is O=C(Nc1ccccc1)C1=NCCCN1. The number of carbonyl (C=O) groups is 1. The van der Waals surface area contributed by atoms with Crippen LogP contribution in [0.5, 0.6) is 0 Å². The second kappa shape index (κ2) is 4.59. The van der Waals surface area contributed by atoms with E-state index in [0.29, 0.717) is 5.84 Å². The molecular formula is C11H13N3O. The first-order chi connectivity index (χ1) is 7.36. The Balaban J connectivity index is 2.00. The van der Waals surface area contributed by atoms with Crippen molar-refractivity contribution in [1.82, 2.24) is 5.32 Å². The molecule has 15 heavy (non-hydrogen) atoms. The zero-order valence-electron chi connectivity index (χ0n) is 8.36. The Bertz CT molecular complexity index is 373. The summed E-state index contributed by atoms with van der Waals surface area (Å²) < 4.78 is 0. The van der Waals surface area contributed by atoms with Crippen molar-refractivity contribution in [2.24, 2.45) is 4.99 Å². The lowest BCUT2D eigenvalue weighted by atomic mass is 10.3. The first-order valence-corrected chi connectivity index (χ1v) is 5.01. The normalized spacial score (nSPS) is 15.1. The lowest BCUT2D eigenvalue weighted by molar-refractivity contribution is -0.110. The van der Waals surface area contributed by atoms with Gasteiger partial charge in [0.05, 0.1) is 0 Å².